The highest BCUT2D eigenvalue weighted by Gasteiger charge is 2.66. The van der Waals surface area contributed by atoms with E-state index in [4.69, 9.17) is 11.8 Å². The van der Waals surface area contributed by atoms with E-state index in [-0.39, 0.29) is 11.0 Å². The molecule has 0 bridgehead atoms. The quantitative estimate of drug-likeness (QED) is 0.577. The highest BCUT2D eigenvalue weighted by atomic mass is 35.5. The van der Waals surface area contributed by atoms with Crippen LogP contribution in [0.5, 0.6) is 0 Å². The predicted molar refractivity (Wildman–Crippen MR) is 48.0 cm³/mol. The number of alkyl halides is 5. The molecule has 0 spiro atoms. The van der Waals surface area contributed by atoms with Crippen molar-refractivity contribution in [2.75, 3.05) is 6.54 Å². The first-order valence-corrected chi connectivity index (χ1v) is 4.75. The van der Waals surface area contributed by atoms with Gasteiger partial charge in [0.1, 0.15) is 6.34 Å². The van der Waals surface area contributed by atoms with Crippen molar-refractivity contribution in [1.82, 2.24) is 9.43 Å². The minimum atomic E-state index is -5.66. The molecule has 1 aliphatic rings. The number of hydrogen-bond donors (Lipinski definition) is 0. The molecule has 1 heterocycles. The molecule has 94 valence electrons. The van der Waals surface area contributed by atoms with Gasteiger partial charge in [-0.15, -0.1) is 0 Å². The van der Waals surface area contributed by atoms with Crippen molar-refractivity contribution < 1.29 is 22.0 Å². The molecule has 0 aromatic carbocycles. The molecule has 0 saturated heterocycles. The van der Waals surface area contributed by atoms with Crippen LogP contribution in [-0.4, -0.2) is 40.6 Å². The largest absolute Gasteiger partial charge is 0.457 e. The Balaban J connectivity index is 2.93. The molecule has 0 fully saturated rings. The molecular formula is C7H9ClF5N3. The average Bonchev–Trinajstić information content (AvgIpc) is 2.46. The summed E-state index contributed by atoms with van der Waals surface area (Å²) in [5.74, 6) is -4.94. The van der Waals surface area contributed by atoms with Gasteiger partial charge >= 0.3 is 12.1 Å². The smallest absolute Gasteiger partial charge is 0.265 e. The number of halogens is 6. The molecule has 1 aliphatic heterocycles. The third-order valence-electron chi connectivity index (χ3n) is 1.98. The molecule has 0 N–H and O–H groups in total. The van der Waals surface area contributed by atoms with Gasteiger partial charge in [0.25, 0.3) is 0 Å². The Labute approximate surface area is 93.6 Å². The molecule has 1 atom stereocenters. The van der Waals surface area contributed by atoms with Gasteiger partial charge in [-0.1, -0.05) is 6.92 Å². The SMILES string of the molecule is CCCN1N=CN(Cl)C1C(F)(F)C(F)(F)F. The molecule has 0 radical (unpaired) electrons. The monoisotopic (exact) mass is 265 g/mol. The van der Waals surface area contributed by atoms with Crippen molar-refractivity contribution in [3.63, 3.8) is 0 Å². The summed E-state index contributed by atoms with van der Waals surface area (Å²) in [7, 11) is 0. The topological polar surface area (TPSA) is 18.8 Å². The molecule has 9 heteroatoms. The second kappa shape index (κ2) is 4.23. The molecule has 1 unspecified atom stereocenters. The van der Waals surface area contributed by atoms with Crippen LogP contribution in [0.3, 0.4) is 0 Å². The zero-order valence-corrected chi connectivity index (χ0v) is 8.93. The summed E-state index contributed by atoms with van der Waals surface area (Å²) in [6.07, 6.45) is -6.87. The summed E-state index contributed by atoms with van der Waals surface area (Å²) in [4.78, 5) is 0. The van der Waals surface area contributed by atoms with Gasteiger partial charge in [0, 0.05) is 18.3 Å². The molecule has 0 aromatic heterocycles. The van der Waals surface area contributed by atoms with Crippen LogP contribution in [-0.2, 0) is 0 Å². The van der Waals surface area contributed by atoms with Crippen LogP contribution < -0.4 is 0 Å². The molecule has 0 aliphatic carbocycles. The maximum absolute atomic E-state index is 13.1. The second-order valence-corrected chi connectivity index (χ2v) is 3.62. The summed E-state index contributed by atoms with van der Waals surface area (Å²) >= 11 is 5.26. The van der Waals surface area contributed by atoms with Gasteiger partial charge in [0.2, 0.25) is 6.17 Å². The van der Waals surface area contributed by atoms with Crippen LogP contribution in [0, 0.1) is 0 Å². The fourth-order valence-corrected chi connectivity index (χ4v) is 1.53. The van der Waals surface area contributed by atoms with Crippen LogP contribution in [0.1, 0.15) is 13.3 Å². The van der Waals surface area contributed by atoms with Crippen molar-refractivity contribution in [1.29, 1.82) is 0 Å². The van der Waals surface area contributed by atoms with Crippen molar-refractivity contribution in [3.8, 4) is 0 Å². The highest BCUT2D eigenvalue weighted by Crippen LogP contribution is 2.42. The van der Waals surface area contributed by atoms with Gasteiger partial charge < -0.3 is 0 Å². The number of hydrazone groups is 1. The van der Waals surface area contributed by atoms with E-state index in [0.717, 1.165) is 6.34 Å². The summed E-state index contributed by atoms with van der Waals surface area (Å²) in [6, 6.07) is 0. The van der Waals surface area contributed by atoms with E-state index in [0.29, 0.717) is 11.4 Å². The van der Waals surface area contributed by atoms with Crippen molar-refractivity contribution in [2.45, 2.75) is 31.6 Å². The first kappa shape index (κ1) is 13.3. The minimum Gasteiger partial charge on any atom is -0.265 e. The number of rotatable bonds is 3. The first-order valence-electron chi connectivity index (χ1n) is 4.41. The van der Waals surface area contributed by atoms with E-state index >= 15 is 0 Å². The van der Waals surface area contributed by atoms with Crippen LogP contribution in [0.2, 0.25) is 0 Å². The fourth-order valence-electron chi connectivity index (χ4n) is 1.27. The molecule has 3 nitrogen and oxygen atoms in total. The molecule has 16 heavy (non-hydrogen) atoms. The second-order valence-electron chi connectivity index (χ2n) is 3.23. The molecule has 0 amide bonds. The van der Waals surface area contributed by atoms with Crippen LogP contribution in [0.25, 0.3) is 0 Å². The maximum atomic E-state index is 13.1. The summed E-state index contributed by atoms with van der Waals surface area (Å²) in [5.41, 5.74) is 0. The summed E-state index contributed by atoms with van der Waals surface area (Å²) in [5, 5.41) is 4.02. The van der Waals surface area contributed by atoms with Crippen LogP contribution in [0.4, 0.5) is 22.0 Å². The van der Waals surface area contributed by atoms with Gasteiger partial charge in [0.15, 0.2) is 0 Å². The highest BCUT2D eigenvalue weighted by molar-refractivity contribution is 6.19. The van der Waals surface area contributed by atoms with Gasteiger partial charge in [-0.05, 0) is 6.42 Å². The summed E-state index contributed by atoms with van der Waals surface area (Å²) in [6.45, 7) is 1.60. The van der Waals surface area contributed by atoms with E-state index < -0.39 is 18.3 Å². The maximum Gasteiger partial charge on any atom is 0.457 e. The van der Waals surface area contributed by atoms with Crippen LogP contribution >= 0.6 is 11.8 Å². The van der Waals surface area contributed by atoms with Crippen LogP contribution in [0.15, 0.2) is 5.10 Å². The Kier molecular flexibility index (Phi) is 3.51. The van der Waals surface area contributed by atoms with E-state index in [1.807, 2.05) is 0 Å². The first-order chi connectivity index (χ1) is 7.21. The lowest BCUT2D eigenvalue weighted by atomic mass is 10.2. The Hall–Kier alpha value is -0.790. The Morgan fingerprint density at radius 3 is 2.31 bits per heavy atom. The molecular weight excluding hydrogens is 257 g/mol. The third kappa shape index (κ3) is 2.16. The van der Waals surface area contributed by atoms with E-state index in [9.17, 15) is 22.0 Å². The van der Waals surface area contributed by atoms with E-state index in [1.165, 1.54) is 0 Å². The zero-order valence-electron chi connectivity index (χ0n) is 8.18. The molecule has 0 aromatic rings. The lowest BCUT2D eigenvalue weighted by Gasteiger charge is -2.33. The zero-order chi connectivity index (χ0) is 12.6. The van der Waals surface area contributed by atoms with E-state index in [1.54, 1.807) is 6.92 Å². The normalized spacial score (nSPS) is 22.1. The minimum absolute atomic E-state index is 0.0317. The van der Waals surface area contributed by atoms with Crippen molar-refractivity contribution >= 4 is 18.1 Å². The van der Waals surface area contributed by atoms with Gasteiger partial charge in [0.05, 0.1) is 0 Å². The third-order valence-corrected chi connectivity index (χ3v) is 2.25. The number of nitrogens with zero attached hydrogens (tertiary/aromatic N) is 3. The molecule has 1 rings (SSSR count). The van der Waals surface area contributed by atoms with Gasteiger partial charge in [-0.25, -0.2) is 4.42 Å². The lowest BCUT2D eigenvalue weighted by molar-refractivity contribution is -0.310. The standard InChI is InChI=1S/C7H9ClF5N3/c1-2-3-16-5(15(8)4-14-16)6(9,10)7(11,12)13/h4-5H,2-3H2,1H3. The predicted octanol–water partition coefficient (Wildman–Crippen LogP) is 2.63. The fraction of sp³-hybridized carbons (Fsp3) is 0.857. The number of hydrogen-bond acceptors (Lipinski definition) is 3. The summed E-state index contributed by atoms with van der Waals surface area (Å²) < 4.78 is 62.9. The molecule has 0 saturated carbocycles. The van der Waals surface area contributed by atoms with E-state index in [2.05, 4.69) is 5.10 Å². The van der Waals surface area contributed by atoms with Crippen molar-refractivity contribution in [3.05, 3.63) is 0 Å². The van der Waals surface area contributed by atoms with Crippen molar-refractivity contribution in [2.24, 2.45) is 5.10 Å². The lowest BCUT2D eigenvalue weighted by Crippen LogP contribution is -2.57. The Bertz CT molecular complexity index is 280. The van der Waals surface area contributed by atoms with Gasteiger partial charge in [-0.2, -0.15) is 27.1 Å². The average molecular weight is 266 g/mol. The Morgan fingerprint density at radius 2 is 1.88 bits per heavy atom. The Morgan fingerprint density at radius 1 is 1.31 bits per heavy atom. The van der Waals surface area contributed by atoms with Gasteiger partial charge in [-0.3, -0.25) is 5.01 Å².